The largest absolute Gasteiger partial charge is 0.395 e. The molecule has 1 fully saturated rings. The van der Waals surface area contributed by atoms with Crippen LogP contribution in [0.15, 0.2) is 0 Å². The fourth-order valence-corrected chi connectivity index (χ4v) is 2.02. The Morgan fingerprint density at radius 1 is 1.43 bits per heavy atom. The van der Waals surface area contributed by atoms with Crippen LogP contribution in [0.25, 0.3) is 0 Å². The predicted molar refractivity (Wildman–Crippen MR) is 59.4 cm³/mol. The second kappa shape index (κ2) is 5.10. The van der Waals surface area contributed by atoms with E-state index in [0.717, 1.165) is 13.1 Å². The van der Waals surface area contributed by atoms with Gasteiger partial charge in [0.05, 0.1) is 6.61 Å². The summed E-state index contributed by atoms with van der Waals surface area (Å²) >= 11 is 0. The Hall–Kier alpha value is -0.120. The van der Waals surface area contributed by atoms with Crippen molar-refractivity contribution in [1.82, 2.24) is 10.2 Å². The number of nitrogens with zero attached hydrogens (tertiary/aromatic N) is 1. The number of hydrogen-bond donors (Lipinski definition) is 2. The van der Waals surface area contributed by atoms with Crippen LogP contribution < -0.4 is 5.32 Å². The van der Waals surface area contributed by atoms with Crippen molar-refractivity contribution in [3.8, 4) is 0 Å². The first kappa shape index (κ1) is 12.0. The number of aliphatic hydroxyl groups excluding tert-OH is 1. The second-order valence-electron chi connectivity index (χ2n) is 5.13. The van der Waals surface area contributed by atoms with Crippen LogP contribution >= 0.6 is 0 Å². The van der Waals surface area contributed by atoms with Gasteiger partial charge in [-0.2, -0.15) is 0 Å². The van der Waals surface area contributed by atoms with Crippen molar-refractivity contribution in [2.75, 3.05) is 26.2 Å². The zero-order valence-electron chi connectivity index (χ0n) is 9.71. The summed E-state index contributed by atoms with van der Waals surface area (Å²) in [6.45, 7) is 10.1. The third kappa shape index (κ3) is 3.56. The molecule has 14 heavy (non-hydrogen) atoms. The number of likely N-dealkylation sites (tertiary alicyclic amines) is 1. The van der Waals surface area contributed by atoms with Crippen LogP contribution in [0.5, 0.6) is 0 Å². The Balaban J connectivity index is 2.36. The van der Waals surface area contributed by atoms with Crippen LogP contribution in [0.2, 0.25) is 0 Å². The molecule has 1 atom stereocenters. The van der Waals surface area contributed by atoms with Crippen molar-refractivity contribution in [3.05, 3.63) is 0 Å². The number of piperidine rings is 1. The van der Waals surface area contributed by atoms with Crippen LogP contribution in [0.4, 0.5) is 0 Å². The molecule has 2 N–H and O–H groups in total. The minimum Gasteiger partial charge on any atom is -0.395 e. The monoisotopic (exact) mass is 200 g/mol. The lowest BCUT2D eigenvalue weighted by Crippen LogP contribution is -2.53. The first-order valence-corrected chi connectivity index (χ1v) is 5.63. The summed E-state index contributed by atoms with van der Waals surface area (Å²) in [4.78, 5) is 2.52. The molecule has 0 bridgehead atoms. The Bertz CT molecular complexity index is 165. The molecule has 1 aliphatic rings. The lowest BCUT2D eigenvalue weighted by atomic mass is 9.98. The zero-order chi connectivity index (χ0) is 10.6. The highest BCUT2D eigenvalue weighted by atomic mass is 16.3. The van der Waals surface area contributed by atoms with Gasteiger partial charge in [0.2, 0.25) is 0 Å². The van der Waals surface area contributed by atoms with E-state index in [1.807, 2.05) is 0 Å². The minimum absolute atomic E-state index is 0.242. The van der Waals surface area contributed by atoms with Crippen molar-refractivity contribution in [2.45, 2.75) is 45.2 Å². The molecule has 0 radical (unpaired) electrons. The molecule has 1 heterocycles. The highest BCUT2D eigenvalue weighted by Crippen LogP contribution is 2.19. The minimum atomic E-state index is 0.242. The molecule has 1 saturated heterocycles. The molecule has 1 unspecified atom stereocenters. The van der Waals surface area contributed by atoms with Crippen LogP contribution in [0, 0.1) is 0 Å². The Morgan fingerprint density at radius 3 is 2.71 bits per heavy atom. The number of hydrogen-bond acceptors (Lipinski definition) is 3. The van der Waals surface area contributed by atoms with Gasteiger partial charge < -0.3 is 10.4 Å². The molecule has 1 aliphatic heterocycles. The quantitative estimate of drug-likeness (QED) is 0.708. The van der Waals surface area contributed by atoms with Crippen molar-refractivity contribution >= 4 is 0 Å². The summed E-state index contributed by atoms with van der Waals surface area (Å²) in [5, 5.41) is 12.1. The summed E-state index contributed by atoms with van der Waals surface area (Å²) in [6.07, 6.45) is 2.51. The molecule has 1 rings (SSSR count). The SMILES string of the molecule is CC(C)(C)N1CCCC(NCCO)C1. The molecule has 3 heteroatoms. The molecular formula is C11H24N2O. The molecule has 0 aliphatic carbocycles. The number of rotatable bonds is 3. The molecule has 3 nitrogen and oxygen atoms in total. The Labute approximate surface area is 87.5 Å². The third-order valence-electron chi connectivity index (χ3n) is 2.91. The summed E-state index contributed by atoms with van der Waals surface area (Å²) in [6, 6.07) is 0.565. The summed E-state index contributed by atoms with van der Waals surface area (Å²) in [5.74, 6) is 0. The first-order valence-electron chi connectivity index (χ1n) is 5.63. The standard InChI is InChI=1S/C11H24N2O/c1-11(2,3)13-7-4-5-10(9-13)12-6-8-14/h10,12,14H,4-9H2,1-3H3. The lowest BCUT2D eigenvalue weighted by molar-refractivity contribution is 0.0892. The highest BCUT2D eigenvalue weighted by Gasteiger charge is 2.27. The molecule has 0 saturated carbocycles. The van der Waals surface area contributed by atoms with Gasteiger partial charge in [0.15, 0.2) is 0 Å². The average molecular weight is 200 g/mol. The molecule has 0 aromatic heterocycles. The average Bonchev–Trinajstić information content (AvgIpc) is 2.14. The van der Waals surface area contributed by atoms with E-state index in [-0.39, 0.29) is 12.1 Å². The first-order chi connectivity index (χ1) is 6.54. The topological polar surface area (TPSA) is 35.5 Å². The van der Waals surface area contributed by atoms with Crippen LogP contribution in [0.1, 0.15) is 33.6 Å². The van der Waals surface area contributed by atoms with Crippen LogP contribution in [0.3, 0.4) is 0 Å². The maximum Gasteiger partial charge on any atom is 0.0556 e. The molecule has 84 valence electrons. The molecule has 0 spiro atoms. The van der Waals surface area contributed by atoms with Gasteiger partial charge >= 0.3 is 0 Å². The maximum absolute atomic E-state index is 8.75. The van der Waals surface area contributed by atoms with E-state index < -0.39 is 0 Å². The van der Waals surface area contributed by atoms with Gasteiger partial charge in [-0.25, -0.2) is 0 Å². The highest BCUT2D eigenvalue weighted by molar-refractivity contribution is 4.85. The normalized spacial score (nSPS) is 25.3. The van der Waals surface area contributed by atoms with E-state index in [2.05, 4.69) is 31.0 Å². The van der Waals surface area contributed by atoms with Gasteiger partial charge in [-0.1, -0.05) is 0 Å². The van der Waals surface area contributed by atoms with E-state index >= 15 is 0 Å². The third-order valence-corrected chi connectivity index (χ3v) is 2.91. The van der Waals surface area contributed by atoms with Crippen molar-refractivity contribution in [2.24, 2.45) is 0 Å². The van der Waals surface area contributed by atoms with Gasteiger partial charge in [-0.15, -0.1) is 0 Å². The molecular weight excluding hydrogens is 176 g/mol. The Morgan fingerprint density at radius 2 is 2.14 bits per heavy atom. The van der Waals surface area contributed by atoms with Gasteiger partial charge in [0.1, 0.15) is 0 Å². The van der Waals surface area contributed by atoms with E-state index in [1.165, 1.54) is 19.4 Å². The fourth-order valence-electron chi connectivity index (χ4n) is 2.02. The molecule has 0 aromatic rings. The van der Waals surface area contributed by atoms with Crippen molar-refractivity contribution < 1.29 is 5.11 Å². The lowest BCUT2D eigenvalue weighted by Gasteiger charge is -2.41. The van der Waals surface area contributed by atoms with Gasteiger partial charge in [-0.05, 0) is 40.2 Å². The van der Waals surface area contributed by atoms with Crippen LogP contribution in [-0.2, 0) is 0 Å². The second-order valence-corrected chi connectivity index (χ2v) is 5.13. The summed E-state index contributed by atoms with van der Waals surface area (Å²) in [5.41, 5.74) is 0.277. The zero-order valence-corrected chi connectivity index (χ0v) is 9.71. The van der Waals surface area contributed by atoms with Gasteiger partial charge in [0.25, 0.3) is 0 Å². The molecule has 0 aromatic carbocycles. The van der Waals surface area contributed by atoms with E-state index in [9.17, 15) is 0 Å². The van der Waals surface area contributed by atoms with Crippen LogP contribution in [-0.4, -0.2) is 47.8 Å². The van der Waals surface area contributed by atoms with E-state index in [4.69, 9.17) is 5.11 Å². The maximum atomic E-state index is 8.75. The molecule has 0 amide bonds. The summed E-state index contributed by atoms with van der Waals surface area (Å²) in [7, 11) is 0. The fraction of sp³-hybridized carbons (Fsp3) is 1.00. The smallest absolute Gasteiger partial charge is 0.0556 e. The number of nitrogens with one attached hydrogen (secondary N) is 1. The van der Waals surface area contributed by atoms with E-state index in [1.54, 1.807) is 0 Å². The van der Waals surface area contributed by atoms with Crippen molar-refractivity contribution in [1.29, 1.82) is 0 Å². The number of aliphatic hydroxyl groups is 1. The summed E-state index contributed by atoms with van der Waals surface area (Å²) < 4.78 is 0. The predicted octanol–water partition coefficient (Wildman–Crippen LogP) is 0.831. The van der Waals surface area contributed by atoms with Crippen molar-refractivity contribution in [3.63, 3.8) is 0 Å². The van der Waals surface area contributed by atoms with Gasteiger partial charge in [-0.3, -0.25) is 4.90 Å². The van der Waals surface area contributed by atoms with Gasteiger partial charge in [0, 0.05) is 24.7 Å². The van der Waals surface area contributed by atoms with E-state index in [0.29, 0.717) is 6.04 Å². The Kier molecular flexibility index (Phi) is 4.35.